The van der Waals surface area contributed by atoms with Crippen LogP contribution in [0.5, 0.6) is 0 Å². The first kappa shape index (κ1) is 13.5. The van der Waals surface area contributed by atoms with Crippen LogP contribution in [0.1, 0.15) is 25.3 Å². The molecule has 0 bridgehead atoms. The number of unbranched alkanes of at least 4 members (excludes halogenated alkanes) is 1. The van der Waals surface area contributed by atoms with E-state index in [1.165, 1.54) is 0 Å². The Morgan fingerprint density at radius 3 is 2.53 bits per heavy atom. The molecule has 0 aromatic heterocycles. The Labute approximate surface area is 112 Å². The number of imide groups is 1. The zero-order valence-corrected chi connectivity index (χ0v) is 10.9. The smallest absolute Gasteiger partial charge is 0.325 e. The van der Waals surface area contributed by atoms with Crippen LogP contribution >= 0.6 is 0 Å². The van der Waals surface area contributed by atoms with E-state index in [1.807, 2.05) is 30.3 Å². The summed E-state index contributed by atoms with van der Waals surface area (Å²) < 4.78 is 0. The number of carbonyl (C=O) groups excluding carboxylic acids is 2. The van der Waals surface area contributed by atoms with Gasteiger partial charge in [0.2, 0.25) is 0 Å². The number of urea groups is 1. The fraction of sp³-hybridized carbons (Fsp3) is 0.429. The second kappa shape index (κ2) is 5.40. The van der Waals surface area contributed by atoms with Gasteiger partial charge in [-0.1, -0.05) is 30.3 Å². The summed E-state index contributed by atoms with van der Waals surface area (Å²) in [6.07, 6.45) is 1.28. The summed E-state index contributed by atoms with van der Waals surface area (Å²) in [7, 11) is 0. The van der Waals surface area contributed by atoms with Gasteiger partial charge in [-0.3, -0.25) is 10.1 Å². The van der Waals surface area contributed by atoms with Crippen molar-refractivity contribution in [3.8, 4) is 0 Å². The first-order valence-corrected chi connectivity index (χ1v) is 6.40. The molecular formula is C14H18N2O3. The highest BCUT2D eigenvalue weighted by molar-refractivity contribution is 6.07. The fourth-order valence-corrected chi connectivity index (χ4v) is 2.37. The zero-order chi connectivity index (χ0) is 13.9. The highest BCUT2D eigenvalue weighted by Crippen LogP contribution is 2.32. The second-order valence-electron chi connectivity index (χ2n) is 4.78. The van der Waals surface area contributed by atoms with Gasteiger partial charge in [-0.15, -0.1) is 0 Å². The third kappa shape index (κ3) is 2.33. The Hall–Kier alpha value is -1.88. The van der Waals surface area contributed by atoms with E-state index in [2.05, 4.69) is 5.32 Å². The summed E-state index contributed by atoms with van der Waals surface area (Å²) in [6.45, 7) is 2.29. The molecule has 0 radical (unpaired) electrons. The molecule has 1 aromatic rings. The van der Waals surface area contributed by atoms with Crippen molar-refractivity contribution >= 4 is 11.9 Å². The summed E-state index contributed by atoms with van der Waals surface area (Å²) in [5.74, 6) is -0.298. The predicted molar refractivity (Wildman–Crippen MR) is 70.4 cm³/mol. The first-order valence-electron chi connectivity index (χ1n) is 6.40. The molecule has 1 aliphatic rings. The molecule has 0 aliphatic carbocycles. The Balaban J connectivity index is 2.28. The van der Waals surface area contributed by atoms with Crippen molar-refractivity contribution in [3.63, 3.8) is 0 Å². The van der Waals surface area contributed by atoms with E-state index in [1.54, 1.807) is 11.8 Å². The number of rotatable bonds is 5. The van der Waals surface area contributed by atoms with E-state index < -0.39 is 5.54 Å². The van der Waals surface area contributed by atoms with Crippen LogP contribution in [0.3, 0.4) is 0 Å². The van der Waals surface area contributed by atoms with Crippen LogP contribution in [-0.4, -0.2) is 35.1 Å². The topological polar surface area (TPSA) is 69.6 Å². The summed E-state index contributed by atoms with van der Waals surface area (Å²) in [6, 6.07) is 8.89. The molecule has 0 saturated carbocycles. The van der Waals surface area contributed by atoms with Crippen LogP contribution in [0.4, 0.5) is 4.79 Å². The maximum Gasteiger partial charge on any atom is 0.325 e. The average Bonchev–Trinajstić information content (AvgIpc) is 2.64. The molecule has 0 spiro atoms. The molecule has 5 heteroatoms. The Morgan fingerprint density at radius 2 is 1.89 bits per heavy atom. The van der Waals surface area contributed by atoms with Crippen molar-refractivity contribution in [1.82, 2.24) is 10.2 Å². The Kier molecular flexibility index (Phi) is 3.85. The highest BCUT2D eigenvalue weighted by Gasteiger charge is 2.49. The molecule has 1 atom stereocenters. The lowest BCUT2D eigenvalue weighted by Gasteiger charge is -2.32. The highest BCUT2D eigenvalue weighted by atomic mass is 16.3. The van der Waals surface area contributed by atoms with Gasteiger partial charge in [-0.05, 0) is 25.3 Å². The molecule has 1 heterocycles. The number of nitrogens with zero attached hydrogens (tertiary/aromatic N) is 1. The first-order chi connectivity index (χ1) is 9.10. The van der Waals surface area contributed by atoms with Gasteiger partial charge >= 0.3 is 6.03 Å². The molecule has 2 rings (SSSR count). The van der Waals surface area contributed by atoms with Crippen LogP contribution in [0.25, 0.3) is 0 Å². The number of carbonyl (C=O) groups is 2. The number of aliphatic hydroxyl groups is 1. The summed E-state index contributed by atoms with van der Waals surface area (Å²) in [5.41, 5.74) is -0.171. The SMILES string of the molecule is CC1(c2ccccc2)C(=O)NC(=O)N1CCCCO. The lowest BCUT2D eigenvalue weighted by Crippen LogP contribution is -2.44. The summed E-state index contributed by atoms with van der Waals surface area (Å²) >= 11 is 0. The van der Waals surface area contributed by atoms with Crippen molar-refractivity contribution in [2.75, 3.05) is 13.2 Å². The van der Waals surface area contributed by atoms with Crippen molar-refractivity contribution in [2.45, 2.75) is 25.3 Å². The fourth-order valence-electron chi connectivity index (χ4n) is 2.37. The zero-order valence-electron chi connectivity index (χ0n) is 10.9. The molecule has 1 saturated heterocycles. The van der Waals surface area contributed by atoms with E-state index in [0.29, 0.717) is 19.4 Å². The normalized spacial score (nSPS) is 22.7. The quantitative estimate of drug-likeness (QED) is 0.619. The van der Waals surface area contributed by atoms with E-state index in [9.17, 15) is 9.59 Å². The van der Waals surface area contributed by atoms with E-state index in [0.717, 1.165) is 5.56 Å². The van der Waals surface area contributed by atoms with Gasteiger partial charge in [0, 0.05) is 13.2 Å². The Bertz CT molecular complexity index is 475. The number of benzene rings is 1. The number of aliphatic hydroxyl groups excluding tert-OH is 1. The van der Waals surface area contributed by atoms with E-state index >= 15 is 0 Å². The van der Waals surface area contributed by atoms with E-state index in [-0.39, 0.29) is 18.5 Å². The third-order valence-electron chi connectivity index (χ3n) is 3.57. The number of hydrogen-bond donors (Lipinski definition) is 2. The van der Waals surface area contributed by atoms with Crippen LogP contribution in [0.2, 0.25) is 0 Å². The number of hydrogen-bond acceptors (Lipinski definition) is 3. The predicted octanol–water partition coefficient (Wildman–Crippen LogP) is 1.23. The van der Waals surface area contributed by atoms with Gasteiger partial charge in [-0.25, -0.2) is 4.79 Å². The van der Waals surface area contributed by atoms with Crippen LogP contribution in [0.15, 0.2) is 30.3 Å². The average molecular weight is 262 g/mol. The van der Waals surface area contributed by atoms with Crippen LogP contribution in [-0.2, 0) is 10.3 Å². The molecule has 1 unspecified atom stereocenters. The number of amides is 3. The molecule has 102 valence electrons. The minimum atomic E-state index is -0.964. The van der Waals surface area contributed by atoms with E-state index in [4.69, 9.17) is 5.11 Å². The molecule has 1 aliphatic heterocycles. The van der Waals surface area contributed by atoms with Gasteiger partial charge < -0.3 is 10.0 Å². The van der Waals surface area contributed by atoms with Gasteiger partial charge in [0.25, 0.3) is 5.91 Å². The second-order valence-corrected chi connectivity index (χ2v) is 4.78. The monoisotopic (exact) mass is 262 g/mol. The molecule has 2 N–H and O–H groups in total. The van der Waals surface area contributed by atoms with Crippen molar-refractivity contribution in [3.05, 3.63) is 35.9 Å². The minimum Gasteiger partial charge on any atom is -0.396 e. The van der Waals surface area contributed by atoms with Crippen LogP contribution in [0, 0.1) is 0 Å². The largest absolute Gasteiger partial charge is 0.396 e. The number of nitrogens with one attached hydrogen (secondary N) is 1. The molecule has 3 amide bonds. The molecule has 1 aromatic carbocycles. The van der Waals surface area contributed by atoms with Gasteiger partial charge in [0.15, 0.2) is 0 Å². The van der Waals surface area contributed by atoms with Crippen LogP contribution < -0.4 is 5.32 Å². The van der Waals surface area contributed by atoms with Crippen molar-refractivity contribution < 1.29 is 14.7 Å². The lowest BCUT2D eigenvalue weighted by molar-refractivity contribution is -0.126. The lowest BCUT2D eigenvalue weighted by atomic mass is 9.90. The standard InChI is InChI=1S/C14H18N2O3/c1-14(11-7-3-2-4-8-11)12(18)15-13(19)16(14)9-5-6-10-17/h2-4,7-8,17H,5-6,9-10H2,1H3,(H,15,18,19). The molecular weight excluding hydrogens is 244 g/mol. The molecule has 1 fully saturated rings. The van der Waals surface area contributed by atoms with Gasteiger partial charge in [0.1, 0.15) is 5.54 Å². The summed E-state index contributed by atoms with van der Waals surface area (Å²) in [5, 5.41) is 11.2. The Morgan fingerprint density at radius 1 is 1.21 bits per heavy atom. The molecule has 19 heavy (non-hydrogen) atoms. The third-order valence-corrected chi connectivity index (χ3v) is 3.57. The minimum absolute atomic E-state index is 0.0887. The van der Waals surface area contributed by atoms with Gasteiger partial charge in [0.05, 0.1) is 0 Å². The van der Waals surface area contributed by atoms with Gasteiger partial charge in [-0.2, -0.15) is 0 Å². The van der Waals surface area contributed by atoms with Crippen molar-refractivity contribution in [1.29, 1.82) is 0 Å². The maximum atomic E-state index is 12.1. The maximum absolute atomic E-state index is 12.1. The van der Waals surface area contributed by atoms with Crippen molar-refractivity contribution in [2.24, 2.45) is 0 Å². The summed E-state index contributed by atoms with van der Waals surface area (Å²) in [4.78, 5) is 25.6. The molecule has 5 nitrogen and oxygen atoms in total.